The number of hydrogen-bond acceptors (Lipinski definition) is 3. The monoisotopic (exact) mass is 254 g/mol. The topological polar surface area (TPSA) is 41.6 Å². The normalized spacial score (nSPS) is 18.6. The summed E-state index contributed by atoms with van der Waals surface area (Å²) in [5, 5.41) is 3.32. The number of fused-ring (bicyclic) bond motifs is 1. The Morgan fingerprint density at radius 3 is 2.94 bits per heavy atom. The maximum atomic E-state index is 11.4. The third-order valence-electron chi connectivity index (χ3n) is 2.69. The number of ether oxygens (including phenoxy) is 1. The number of amides is 1. The van der Waals surface area contributed by atoms with Crippen LogP contribution in [0, 0.1) is 0 Å². The number of carbonyl (C=O) groups excluding carboxylic acids is 1. The lowest BCUT2D eigenvalue weighted by molar-refractivity contribution is 0.0956. The number of nitrogens with zero attached hydrogens (tertiary/aromatic N) is 1. The van der Waals surface area contributed by atoms with Crippen LogP contribution in [0.2, 0.25) is 5.02 Å². The molecular weight excluding hydrogens is 240 g/mol. The molecule has 1 aromatic rings. The summed E-state index contributed by atoms with van der Waals surface area (Å²) in [5.41, 5.74) is 1.73. The lowest BCUT2D eigenvalue weighted by Gasteiger charge is -2.27. The van der Waals surface area contributed by atoms with E-state index >= 15 is 0 Å². The number of halogens is 1. The van der Waals surface area contributed by atoms with Gasteiger partial charge in [-0.1, -0.05) is 11.6 Å². The summed E-state index contributed by atoms with van der Waals surface area (Å²) in [6.07, 6.45) is 0.136. The van der Waals surface area contributed by atoms with Crippen molar-refractivity contribution in [2.24, 2.45) is 0 Å². The molecule has 17 heavy (non-hydrogen) atoms. The fourth-order valence-electron chi connectivity index (χ4n) is 1.84. The van der Waals surface area contributed by atoms with E-state index in [0.717, 1.165) is 24.2 Å². The van der Waals surface area contributed by atoms with Crippen LogP contribution in [0.5, 0.6) is 0 Å². The predicted molar refractivity (Wildman–Crippen MR) is 67.5 cm³/mol. The number of cyclic esters (lactones) is 1. The highest BCUT2D eigenvalue weighted by molar-refractivity contribution is 6.30. The van der Waals surface area contributed by atoms with Crippen molar-refractivity contribution in [3.63, 3.8) is 0 Å². The Morgan fingerprint density at radius 2 is 2.24 bits per heavy atom. The average molecular weight is 255 g/mol. The molecule has 1 unspecified atom stereocenters. The van der Waals surface area contributed by atoms with Crippen LogP contribution in [0.15, 0.2) is 18.2 Å². The van der Waals surface area contributed by atoms with Gasteiger partial charge in [-0.05, 0) is 32.3 Å². The minimum atomic E-state index is -0.399. The van der Waals surface area contributed by atoms with Crippen molar-refractivity contribution in [3.8, 4) is 0 Å². The van der Waals surface area contributed by atoms with Gasteiger partial charge in [-0.25, -0.2) is 4.79 Å². The molecule has 1 aliphatic heterocycles. The second-order valence-electron chi connectivity index (χ2n) is 4.34. The van der Waals surface area contributed by atoms with Crippen molar-refractivity contribution in [2.75, 3.05) is 26.0 Å². The van der Waals surface area contributed by atoms with Crippen molar-refractivity contribution in [2.45, 2.75) is 12.5 Å². The zero-order valence-corrected chi connectivity index (χ0v) is 10.6. The third-order valence-corrected chi connectivity index (χ3v) is 2.92. The third kappa shape index (κ3) is 2.90. The quantitative estimate of drug-likeness (QED) is 0.902. The highest BCUT2D eigenvalue weighted by atomic mass is 35.5. The van der Waals surface area contributed by atoms with Crippen LogP contribution < -0.4 is 5.32 Å². The smallest absolute Gasteiger partial charge is 0.412 e. The van der Waals surface area contributed by atoms with Gasteiger partial charge in [0.1, 0.15) is 6.10 Å². The molecule has 0 fully saturated rings. The summed E-state index contributed by atoms with van der Waals surface area (Å²) in [7, 11) is 3.98. The molecule has 4 nitrogen and oxygen atoms in total. The Balaban J connectivity index is 2.23. The van der Waals surface area contributed by atoms with E-state index in [0.29, 0.717) is 5.02 Å². The molecule has 1 atom stereocenters. The van der Waals surface area contributed by atoms with E-state index in [4.69, 9.17) is 16.3 Å². The van der Waals surface area contributed by atoms with Gasteiger partial charge < -0.3 is 9.64 Å². The van der Waals surface area contributed by atoms with Gasteiger partial charge in [0.05, 0.1) is 5.69 Å². The maximum Gasteiger partial charge on any atom is 0.412 e. The SMILES string of the molecule is CN(C)CCC1OC(=O)Nc2ccc(Cl)cc21. The molecule has 5 heteroatoms. The predicted octanol–water partition coefficient (Wildman–Crippen LogP) is 2.89. The summed E-state index contributed by atoms with van der Waals surface area (Å²) in [5.74, 6) is 0. The van der Waals surface area contributed by atoms with Gasteiger partial charge >= 0.3 is 6.09 Å². The van der Waals surface area contributed by atoms with Crippen molar-refractivity contribution < 1.29 is 9.53 Å². The summed E-state index contributed by atoms with van der Waals surface area (Å²) < 4.78 is 5.28. The Labute approximate surface area is 106 Å². The van der Waals surface area contributed by atoms with E-state index in [2.05, 4.69) is 10.2 Å². The molecule has 0 saturated carbocycles. The van der Waals surface area contributed by atoms with Crippen LogP contribution >= 0.6 is 11.6 Å². The Morgan fingerprint density at radius 1 is 1.47 bits per heavy atom. The first-order chi connectivity index (χ1) is 8.06. The number of anilines is 1. The Hall–Kier alpha value is -1.26. The van der Waals surface area contributed by atoms with Gasteiger partial charge in [0.15, 0.2) is 0 Å². The first-order valence-electron chi connectivity index (χ1n) is 5.48. The van der Waals surface area contributed by atoms with E-state index in [1.54, 1.807) is 12.1 Å². The molecule has 0 aromatic heterocycles. The first-order valence-corrected chi connectivity index (χ1v) is 5.86. The molecule has 0 saturated heterocycles. The van der Waals surface area contributed by atoms with Crippen LogP contribution in [-0.4, -0.2) is 31.6 Å². The van der Waals surface area contributed by atoms with Crippen LogP contribution in [0.1, 0.15) is 18.1 Å². The van der Waals surface area contributed by atoms with Gasteiger partial charge in [0.2, 0.25) is 0 Å². The standard InChI is InChI=1S/C12H15ClN2O2/c1-15(2)6-5-11-9-7-8(13)3-4-10(9)14-12(16)17-11/h3-4,7,11H,5-6H2,1-2H3,(H,14,16). The molecule has 0 radical (unpaired) electrons. The molecule has 0 bridgehead atoms. The van der Waals surface area contributed by atoms with Crippen LogP contribution in [0.3, 0.4) is 0 Å². The van der Waals surface area contributed by atoms with Crippen LogP contribution in [0.25, 0.3) is 0 Å². The summed E-state index contributed by atoms with van der Waals surface area (Å²) in [6, 6.07) is 5.41. The number of carbonyl (C=O) groups is 1. The number of nitrogens with one attached hydrogen (secondary N) is 1. The van der Waals surface area contributed by atoms with Gasteiger partial charge in [-0.15, -0.1) is 0 Å². The van der Waals surface area contributed by atoms with Crippen molar-refractivity contribution >= 4 is 23.4 Å². The Bertz CT molecular complexity index is 435. The first kappa shape index (κ1) is 12.2. The molecule has 92 valence electrons. The van der Waals surface area contributed by atoms with Gasteiger partial charge in [0, 0.05) is 23.6 Å². The van der Waals surface area contributed by atoms with E-state index in [1.807, 2.05) is 20.2 Å². The molecule has 0 aliphatic carbocycles. The second kappa shape index (κ2) is 4.94. The van der Waals surface area contributed by atoms with E-state index in [-0.39, 0.29) is 6.10 Å². The highest BCUT2D eigenvalue weighted by Crippen LogP contribution is 2.34. The van der Waals surface area contributed by atoms with Crippen molar-refractivity contribution in [3.05, 3.63) is 28.8 Å². The minimum absolute atomic E-state index is 0.222. The lowest BCUT2D eigenvalue weighted by atomic mass is 10.0. The summed E-state index contributed by atoms with van der Waals surface area (Å²) >= 11 is 5.96. The van der Waals surface area contributed by atoms with Gasteiger partial charge in [-0.3, -0.25) is 5.32 Å². The van der Waals surface area contributed by atoms with E-state index < -0.39 is 6.09 Å². The molecule has 1 heterocycles. The van der Waals surface area contributed by atoms with Crippen LogP contribution in [-0.2, 0) is 4.74 Å². The second-order valence-corrected chi connectivity index (χ2v) is 4.78. The zero-order chi connectivity index (χ0) is 12.4. The fraction of sp³-hybridized carbons (Fsp3) is 0.417. The molecule has 0 spiro atoms. The van der Waals surface area contributed by atoms with Crippen molar-refractivity contribution in [1.29, 1.82) is 0 Å². The van der Waals surface area contributed by atoms with E-state index in [1.165, 1.54) is 0 Å². The number of benzene rings is 1. The summed E-state index contributed by atoms with van der Waals surface area (Å²) in [4.78, 5) is 13.4. The van der Waals surface area contributed by atoms with Gasteiger partial charge in [-0.2, -0.15) is 0 Å². The maximum absolute atomic E-state index is 11.4. The number of hydrogen-bond donors (Lipinski definition) is 1. The molecule has 2 rings (SSSR count). The molecular formula is C12H15ClN2O2. The highest BCUT2D eigenvalue weighted by Gasteiger charge is 2.26. The fourth-order valence-corrected chi connectivity index (χ4v) is 2.02. The van der Waals surface area contributed by atoms with E-state index in [9.17, 15) is 4.79 Å². The average Bonchev–Trinajstić information content (AvgIpc) is 2.26. The molecule has 1 amide bonds. The molecule has 1 aromatic carbocycles. The van der Waals surface area contributed by atoms with Crippen LogP contribution in [0.4, 0.5) is 10.5 Å². The molecule has 1 aliphatic rings. The Kier molecular flexibility index (Phi) is 3.54. The largest absolute Gasteiger partial charge is 0.441 e. The minimum Gasteiger partial charge on any atom is -0.441 e. The number of rotatable bonds is 3. The van der Waals surface area contributed by atoms with Crippen molar-refractivity contribution in [1.82, 2.24) is 4.90 Å². The van der Waals surface area contributed by atoms with Gasteiger partial charge in [0.25, 0.3) is 0 Å². The lowest BCUT2D eigenvalue weighted by Crippen LogP contribution is -2.27. The molecule has 1 N–H and O–H groups in total. The zero-order valence-electron chi connectivity index (χ0n) is 9.87. The summed E-state index contributed by atoms with van der Waals surface area (Å²) in [6.45, 7) is 0.851.